The molecule has 0 aromatic rings. The van der Waals surface area contributed by atoms with Crippen molar-refractivity contribution in [1.82, 2.24) is 5.32 Å². The molecule has 0 radical (unpaired) electrons. The van der Waals surface area contributed by atoms with Crippen molar-refractivity contribution in [2.75, 3.05) is 13.6 Å². The van der Waals surface area contributed by atoms with E-state index in [1.165, 1.54) is 5.57 Å². The van der Waals surface area contributed by atoms with Crippen molar-refractivity contribution in [3.05, 3.63) is 24.3 Å². The lowest BCUT2D eigenvalue weighted by Gasteiger charge is -1.96. The highest BCUT2D eigenvalue weighted by Gasteiger charge is 1.83. The average molecular weight is 127 g/mol. The van der Waals surface area contributed by atoms with Crippen LogP contribution in [0, 0.1) is 0 Å². The zero-order valence-corrected chi connectivity index (χ0v) is 6.28. The van der Waals surface area contributed by atoms with E-state index < -0.39 is 0 Å². The minimum atomic E-state index is 0. The number of allylic oxidation sites excluding steroid dienone is 2. The van der Waals surface area contributed by atoms with Gasteiger partial charge in [0.1, 0.15) is 0 Å². The molecule has 0 amide bonds. The SMILES string of the molecule is C=C/C=C(\C)CCNC.[HH]. The van der Waals surface area contributed by atoms with E-state index in [1.807, 2.05) is 19.2 Å². The molecule has 0 spiro atoms. The maximum atomic E-state index is 3.61. The van der Waals surface area contributed by atoms with Crippen molar-refractivity contribution in [1.29, 1.82) is 0 Å². The normalized spacial score (nSPS) is 11.6. The van der Waals surface area contributed by atoms with Gasteiger partial charge < -0.3 is 5.32 Å². The summed E-state index contributed by atoms with van der Waals surface area (Å²) in [6, 6.07) is 0. The summed E-state index contributed by atoms with van der Waals surface area (Å²) in [5.41, 5.74) is 1.37. The number of hydrogen-bond donors (Lipinski definition) is 1. The highest BCUT2D eigenvalue weighted by Crippen LogP contribution is 1.96. The van der Waals surface area contributed by atoms with Gasteiger partial charge in [-0.1, -0.05) is 24.3 Å². The second-order valence-corrected chi connectivity index (χ2v) is 2.10. The molecule has 0 aromatic heterocycles. The van der Waals surface area contributed by atoms with Crippen LogP contribution in [0.25, 0.3) is 0 Å². The van der Waals surface area contributed by atoms with Gasteiger partial charge in [-0.3, -0.25) is 0 Å². The van der Waals surface area contributed by atoms with Gasteiger partial charge in [-0.15, -0.1) is 0 Å². The minimum absolute atomic E-state index is 0. The Hall–Kier alpha value is -0.560. The molecule has 9 heavy (non-hydrogen) atoms. The van der Waals surface area contributed by atoms with E-state index in [2.05, 4.69) is 18.8 Å². The molecule has 0 saturated carbocycles. The third kappa shape index (κ3) is 5.31. The van der Waals surface area contributed by atoms with Crippen LogP contribution in [0.15, 0.2) is 24.3 Å². The van der Waals surface area contributed by atoms with E-state index in [-0.39, 0.29) is 1.43 Å². The summed E-state index contributed by atoms with van der Waals surface area (Å²) >= 11 is 0. The second-order valence-electron chi connectivity index (χ2n) is 2.10. The Morgan fingerprint density at radius 2 is 2.44 bits per heavy atom. The van der Waals surface area contributed by atoms with Gasteiger partial charge in [0.2, 0.25) is 0 Å². The molecule has 0 aliphatic heterocycles. The number of hydrogen-bond acceptors (Lipinski definition) is 1. The van der Waals surface area contributed by atoms with E-state index >= 15 is 0 Å². The third-order valence-corrected chi connectivity index (χ3v) is 1.17. The van der Waals surface area contributed by atoms with Crippen LogP contribution in [0.3, 0.4) is 0 Å². The van der Waals surface area contributed by atoms with Crippen molar-refractivity contribution >= 4 is 0 Å². The first-order valence-corrected chi connectivity index (χ1v) is 3.24. The van der Waals surface area contributed by atoms with Crippen LogP contribution in [0.2, 0.25) is 0 Å². The van der Waals surface area contributed by atoms with E-state index in [1.54, 1.807) is 0 Å². The molecule has 0 rings (SSSR count). The van der Waals surface area contributed by atoms with Crippen LogP contribution in [0.4, 0.5) is 0 Å². The van der Waals surface area contributed by atoms with Crippen molar-refractivity contribution in [3.63, 3.8) is 0 Å². The first kappa shape index (κ1) is 8.44. The molecule has 54 valence electrons. The summed E-state index contributed by atoms with van der Waals surface area (Å²) in [4.78, 5) is 0. The summed E-state index contributed by atoms with van der Waals surface area (Å²) < 4.78 is 0. The van der Waals surface area contributed by atoms with Crippen molar-refractivity contribution in [3.8, 4) is 0 Å². The second kappa shape index (κ2) is 5.57. The average Bonchev–Trinajstić information content (AvgIpc) is 1.85. The summed E-state index contributed by atoms with van der Waals surface area (Å²) in [6.45, 7) is 6.77. The molecular weight excluding hydrogens is 110 g/mol. The van der Waals surface area contributed by atoms with Crippen LogP contribution in [0.5, 0.6) is 0 Å². The Labute approximate surface area is 58.9 Å². The Bertz CT molecular complexity index is 108. The van der Waals surface area contributed by atoms with Gasteiger partial charge in [0.25, 0.3) is 0 Å². The number of nitrogens with one attached hydrogen (secondary N) is 1. The molecule has 0 bridgehead atoms. The summed E-state index contributed by atoms with van der Waals surface area (Å²) in [6.07, 6.45) is 4.98. The zero-order chi connectivity index (χ0) is 7.11. The third-order valence-electron chi connectivity index (χ3n) is 1.17. The zero-order valence-electron chi connectivity index (χ0n) is 6.28. The van der Waals surface area contributed by atoms with Crippen molar-refractivity contribution < 1.29 is 1.43 Å². The monoisotopic (exact) mass is 127 g/mol. The quantitative estimate of drug-likeness (QED) is 0.569. The lowest BCUT2D eigenvalue weighted by molar-refractivity contribution is 0.785. The standard InChI is InChI=1S/C8H15N.H2/c1-4-5-8(2)6-7-9-3;/h4-5,9H,1,6-7H2,2-3H3;1H/b8-5+;. The highest BCUT2D eigenvalue weighted by molar-refractivity contribution is 5.07. The maximum absolute atomic E-state index is 3.61. The topological polar surface area (TPSA) is 12.0 Å². The Morgan fingerprint density at radius 1 is 1.78 bits per heavy atom. The Balaban J connectivity index is 0. The van der Waals surface area contributed by atoms with Gasteiger partial charge in [0.15, 0.2) is 0 Å². The fraction of sp³-hybridized carbons (Fsp3) is 0.500. The first-order chi connectivity index (χ1) is 4.31. The molecule has 0 saturated heterocycles. The van der Waals surface area contributed by atoms with E-state index in [0.29, 0.717) is 0 Å². The Kier molecular flexibility index (Phi) is 5.23. The van der Waals surface area contributed by atoms with Gasteiger partial charge in [-0.2, -0.15) is 0 Å². The van der Waals surface area contributed by atoms with E-state index in [4.69, 9.17) is 0 Å². The summed E-state index contributed by atoms with van der Waals surface area (Å²) in [7, 11) is 1.96. The smallest absolute Gasteiger partial charge is 0 e. The molecule has 0 aliphatic rings. The van der Waals surface area contributed by atoms with Gasteiger partial charge in [0.05, 0.1) is 0 Å². The van der Waals surface area contributed by atoms with E-state index in [0.717, 1.165) is 13.0 Å². The molecular formula is C8H17N. The molecule has 0 atom stereocenters. The predicted molar refractivity (Wildman–Crippen MR) is 44.6 cm³/mol. The van der Waals surface area contributed by atoms with Crippen LogP contribution >= 0.6 is 0 Å². The molecule has 0 unspecified atom stereocenters. The first-order valence-electron chi connectivity index (χ1n) is 3.24. The molecule has 0 aromatic carbocycles. The van der Waals surface area contributed by atoms with Gasteiger partial charge >= 0.3 is 0 Å². The lowest BCUT2D eigenvalue weighted by Crippen LogP contribution is -2.07. The predicted octanol–water partition coefficient (Wildman–Crippen LogP) is 1.97. The molecule has 0 fully saturated rings. The fourth-order valence-corrected chi connectivity index (χ4v) is 0.607. The van der Waals surface area contributed by atoms with Gasteiger partial charge in [-0.05, 0) is 26.9 Å². The van der Waals surface area contributed by atoms with Crippen molar-refractivity contribution in [2.45, 2.75) is 13.3 Å². The fourth-order valence-electron chi connectivity index (χ4n) is 0.607. The van der Waals surface area contributed by atoms with Gasteiger partial charge in [-0.25, -0.2) is 0 Å². The van der Waals surface area contributed by atoms with Crippen LogP contribution in [-0.2, 0) is 0 Å². The molecule has 1 N–H and O–H groups in total. The van der Waals surface area contributed by atoms with E-state index in [9.17, 15) is 0 Å². The summed E-state index contributed by atoms with van der Waals surface area (Å²) in [5, 5.41) is 3.08. The van der Waals surface area contributed by atoms with Crippen LogP contribution < -0.4 is 5.32 Å². The highest BCUT2D eigenvalue weighted by atomic mass is 14.8. The van der Waals surface area contributed by atoms with Crippen LogP contribution in [-0.4, -0.2) is 13.6 Å². The minimum Gasteiger partial charge on any atom is -0.319 e. The Morgan fingerprint density at radius 3 is 2.89 bits per heavy atom. The lowest BCUT2D eigenvalue weighted by atomic mass is 10.2. The van der Waals surface area contributed by atoms with Crippen LogP contribution in [0.1, 0.15) is 14.8 Å². The van der Waals surface area contributed by atoms with Gasteiger partial charge in [0, 0.05) is 1.43 Å². The molecule has 1 nitrogen and oxygen atoms in total. The summed E-state index contributed by atoms with van der Waals surface area (Å²) in [5.74, 6) is 0. The van der Waals surface area contributed by atoms with Crippen molar-refractivity contribution in [2.24, 2.45) is 0 Å². The largest absolute Gasteiger partial charge is 0.319 e. The molecule has 1 heteroatoms. The molecule has 0 aliphatic carbocycles. The maximum Gasteiger partial charge on any atom is 0 e. The molecule has 0 heterocycles. The number of rotatable bonds is 4.